The number of rotatable bonds is 1. The lowest BCUT2D eigenvalue weighted by molar-refractivity contribution is 0.257. The summed E-state index contributed by atoms with van der Waals surface area (Å²) in [5.74, 6) is 0.0928. The van der Waals surface area contributed by atoms with Gasteiger partial charge in [0.25, 0.3) is 0 Å². The first-order valence-electron chi connectivity index (χ1n) is 2.87. The maximum atomic E-state index is 10.5. The molecule has 1 aromatic rings. The Hall–Kier alpha value is -1.01. The summed E-state index contributed by atoms with van der Waals surface area (Å²) in [7, 11) is 0. The molecular weight excluding hydrogens is 200 g/mol. The Kier molecular flexibility index (Phi) is 2.72. The third kappa shape index (κ3) is 1.99. The van der Waals surface area contributed by atoms with Gasteiger partial charge in [0, 0.05) is 0 Å². The molecule has 7 heteroatoms. The summed E-state index contributed by atoms with van der Waals surface area (Å²) in [5, 5.41) is 0.380. The predicted molar refractivity (Wildman–Crippen MR) is 48.1 cm³/mol. The minimum absolute atomic E-state index is 0.0928. The van der Waals surface area contributed by atoms with E-state index in [2.05, 4.69) is 22.8 Å². The van der Waals surface area contributed by atoms with Crippen LogP contribution in [0.3, 0.4) is 0 Å². The number of urea groups is 1. The maximum absolute atomic E-state index is 10.5. The number of hydrogen-bond donors (Lipinski definition) is 2. The molecule has 0 bridgehead atoms. The van der Waals surface area contributed by atoms with Crippen LogP contribution in [0.2, 0.25) is 5.02 Å². The van der Waals surface area contributed by atoms with Gasteiger partial charge in [-0.2, -0.15) is 0 Å². The van der Waals surface area contributed by atoms with E-state index in [4.69, 9.17) is 17.3 Å². The van der Waals surface area contributed by atoms with Crippen molar-refractivity contribution in [2.75, 3.05) is 4.31 Å². The molecule has 1 rings (SSSR count). The molecule has 0 aromatic carbocycles. The van der Waals surface area contributed by atoms with E-state index in [-0.39, 0.29) is 5.95 Å². The van der Waals surface area contributed by atoms with Gasteiger partial charge in [0.2, 0.25) is 5.95 Å². The van der Waals surface area contributed by atoms with Gasteiger partial charge in [-0.15, -0.1) is 0 Å². The Morgan fingerprint density at radius 1 is 1.58 bits per heavy atom. The van der Waals surface area contributed by atoms with Crippen molar-refractivity contribution in [1.29, 1.82) is 0 Å². The van der Waals surface area contributed by atoms with Gasteiger partial charge < -0.3 is 5.73 Å². The van der Waals surface area contributed by atoms with Crippen LogP contribution in [0.1, 0.15) is 0 Å². The number of anilines is 1. The minimum Gasteiger partial charge on any atom is -0.350 e. The molecule has 0 saturated heterocycles. The van der Waals surface area contributed by atoms with Crippen LogP contribution < -0.4 is 10.0 Å². The highest BCUT2D eigenvalue weighted by Gasteiger charge is 2.09. The maximum Gasteiger partial charge on any atom is 0.331 e. The SMILES string of the molecule is NC(=O)N(S)c1ncc(Cl)cn1. The van der Waals surface area contributed by atoms with Crippen molar-refractivity contribution in [3.8, 4) is 0 Å². The molecule has 1 heterocycles. The molecule has 1 aromatic heterocycles. The third-order valence-corrected chi connectivity index (χ3v) is 1.58. The zero-order valence-electron chi connectivity index (χ0n) is 5.81. The summed E-state index contributed by atoms with van der Waals surface area (Å²) in [6.45, 7) is 0. The molecule has 0 atom stereocenters. The Morgan fingerprint density at radius 3 is 2.50 bits per heavy atom. The van der Waals surface area contributed by atoms with Crippen LogP contribution in [0.4, 0.5) is 10.7 Å². The van der Waals surface area contributed by atoms with Crippen LogP contribution in [-0.4, -0.2) is 16.0 Å². The molecule has 2 N–H and O–H groups in total. The molecule has 0 aliphatic rings. The monoisotopic (exact) mass is 204 g/mol. The number of carbonyl (C=O) groups excluding carboxylic acids is 1. The highest BCUT2D eigenvalue weighted by atomic mass is 35.5. The van der Waals surface area contributed by atoms with Crippen molar-refractivity contribution in [3.63, 3.8) is 0 Å². The van der Waals surface area contributed by atoms with Crippen molar-refractivity contribution in [2.45, 2.75) is 0 Å². The largest absolute Gasteiger partial charge is 0.350 e. The smallest absolute Gasteiger partial charge is 0.331 e. The van der Waals surface area contributed by atoms with E-state index in [1.165, 1.54) is 12.4 Å². The van der Waals surface area contributed by atoms with Crippen molar-refractivity contribution < 1.29 is 4.79 Å². The Labute approximate surface area is 79.1 Å². The molecule has 0 spiro atoms. The first kappa shape index (κ1) is 9.08. The van der Waals surface area contributed by atoms with E-state index in [1.54, 1.807) is 0 Å². The molecule has 0 aliphatic heterocycles. The lowest BCUT2D eigenvalue weighted by Crippen LogP contribution is -2.28. The van der Waals surface area contributed by atoms with E-state index in [9.17, 15) is 4.79 Å². The Morgan fingerprint density at radius 2 is 2.08 bits per heavy atom. The standard InChI is InChI=1S/C5H5ClN4OS/c6-3-1-8-5(9-2-3)10(12)4(7)11/h1-2,12H,(H2,7,11). The molecule has 2 amide bonds. The van der Waals surface area contributed by atoms with E-state index in [0.29, 0.717) is 5.02 Å². The summed E-state index contributed by atoms with van der Waals surface area (Å²) in [6.07, 6.45) is 2.69. The number of carbonyl (C=O) groups is 1. The number of amides is 2. The highest BCUT2D eigenvalue weighted by molar-refractivity contribution is 7.82. The number of primary amides is 1. The zero-order chi connectivity index (χ0) is 9.14. The van der Waals surface area contributed by atoms with E-state index in [0.717, 1.165) is 4.31 Å². The molecule has 64 valence electrons. The fraction of sp³-hybridized carbons (Fsp3) is 0. The van der Waals surface area contributed by atoms with E-state index in [1.807, 2.05) is 0 Å². The molecular formula is C5H5ClN4OS. The summed E-state index contributed by atoms with van der Waals surface area (Å²) in [5.41, 5.74) is 4.90. The van der Waals surface area contributed by atoms with Crippen molar-refractivity contribution in [3.05, 3.63) is 17.4 Å². The first-order valence-corrected chi connectivity index (χ1v) is 3.65. The van der Waals surface area contributed by atoms with Crippen molar-refractivity contribution >= 4 is 36.4 Å². The Bertz CT molecular complexity index is 290. The van der Waals surface area contributed by atoms with E-state index < -0.39 is 6.03 Å². The van der Waals surface area contributed by atoms with Gasteiger partial charge in [-0.3, -0.25) is 0 Å². The van der Waals surface area contributed by atoms with Gasteiger partial charge in [0.05, 0.1) is 17.4 Å². The molecule has 12 heavy (non-hydrogen) atoms. The second kappa shape index (κ2) is 3.59. The van der Waals surface area contributed by atoms with Crippen LogP contribution in [0.25, 0.3) is 0 Å². The third-order valence-electron chi connectivity index (χ3n) is 1.00. The minimum atomic E-state index is -0.749. The predicted octanol–water partition coefficient (Wildman–Crippen LogP) is 0.860. The lowest BCUT2D eigenvalue weighted by atomic mass is 10.7. The summed E-state index contributed by atoms with van der Waals surface area (Å²) < 4.78 is 0.816. The number of nitrogens with zero attached hydrogens (tertiary/aromatic N) is 3. The second-order valence-corrected chi connectivity index (χ2v) is 2.69. The van der Waals surface area contributed by atoms with Gasteiger partial charge in [-0.25, -0.2) is 19.1 Å². The van der Waals surface area contributed by atoms with Crippen LogP contribution in [0.15, 0.2) is 12.4 Å². The van der Waals surface area contributed by atoms with Gasteiger partial charge in [0.1, 0.15) is 0 Å². The summed E-state index contributed by atoms with van der Waals surface area (Å²) >= 11 is 9.25. The zero-order valence-corrected chi connectivity index (χ0v) is 7.46. The number of thiol groups is 1. The van der Waals surface area contributed by atoms with Crippen LogP contribution >= 0.6 is 24.4 Å². The van der Waals surface area contributed by atoms with Crippen LogP contribution in [0, 0.1) is 0 Å². The average Bonchev–Trinajstić information content (AvgIpc) is 2.04. The molecule has 0 saturated carbocycles. The van der Waals surface area contributed by atoms with Crippen LogP contribution in [-0.2, 0) is 0 Å². The highest BCUT2D eigenvalue weighted by Crippen LogP contribution is 2.10. The van der Waals surface area contributed by atoms with E-state index >= 15 is 0 Å². The summed E-state index contributed by atoms with van der Waals surface area (Å²) in [6, 6.07) is -0.749. The van der Waals surface area contributed by atoms with Crippen molar-refractivity contribution in [1.82, 2.24) is 9.97 Å². The molecule has 0 unspecified atom stereocenters. The first-order chi connectivity index (χ1) is 5.61. The van der Waals surface area contributed by atoms with Gasteiger partial charge in [0.15, 0.2) is 0 Å². The molecule has 5 nitrogen and oxygen atoms in total. The lowest BCUT2D eigenvalue weighted by Gasteiger charge is -2.08. The van der Waals surface area contributed by atoms with Gasteiger partial charge in [-0.05, 0) is 0 Å². The quantitative estimate of drug-likeness (QED) is 0.667. The topological polar surface area (TPSA) is 72.1 Å². The normalized spacial score (nSPS) is 9.50. The second-order valence-electron chi connectivity index (χ2n) is 1.85. The van der Waals surface area contributed by atoms with Gasteiger partial charge >= 0.3 is 6.03 Å². The fourth-order valence-electron chi connectivity index (χ4n) is 0.513. The van der Waals surface area contributed by atoms with Crippen molar-refractivity contribution in [2.24, 2.45) is 5.73 Å². The molecule has 0 aliphatic carbocycles. The number of aromatic nitrogens is 2. The number of hydrogen-bond acceptors (Lipinski definition) is 4. The molecule has 0 fully saturated rings. The average molecular weight is 205 g/mol. The van der Waals surface area contributed by atoms with Crippen LogP contribution in [0.5, 0.6) is 0 Å². The fourth-order valence-corrected chi connectivity index (χ4v) is 0.714. The number of halogens is 1. The van der Waals surface area contributed by atoms with Gasteiger partial charge in [-0.1, -0.05) is 24.4 Å². The Balaban J connectivity index is 2.89. The molecule has 0 radical (unpaired) electrons. The number of nitrogens with two attached hydrogens (primary N) is 1. The summed E-state index contributed by atoms with van der Waals surface area (Å²) in [4.78, 5) is 18.0.